The second-order valence-corrected chi connectivity index (χ2v) is 5.95. The highest BCUT2D eigenvalue weighted by Crippen LogP contribution is 2.20. The fraction of sp³-hybridized carbons (Fsp3) is 0.455. The molecule has 0 saturated heterocycles. The van der Waals surface area contributed by atoms with Crippen molar-refractivity contribution in [2.75, 3.05) is 18.1 Å². The van der Waals surface area contributed by atoms with Gasteiger partial charge in [0, 0.05) is 18.8 Å². The van der Waals surface area contributed by atoms with Gasteiger partial charge in [-0.15, -0.1) is 0 Å². The highest BCUT2D eigenvalue weighted by Gasteiger charge is 2.11. The van der Waals surface area contributed by atoms with Gasteiger partial charge in [0.05, 0.1) is 10.6 Å². The summed E-state index contributed by atoms with van der Waals surface area (Å²) in [4.78, 5) is 0.333. The first kappa shape index (κ1) is 13.0. The fourth-order valence-corrected chi connectivity index (χ4v) is 2.24. The average molecular weight is 242 g/mol. The maximum absolute atomic E-state index is 11.5. The quantitative estimate of drug-likeness (QED) is 0.815. The summed E-state index contributed by atoms with van der Waals surface area (Å²) in [5, 5.41) is 3.09. The van der Waals surface area contributed by atoms with Crippen LogP contribution in [0.2, 0.25) is 0 Å². The summed E-state index contributed by atoms with van der Waals surface area (Å²) in [6.07, 6.45) is 2.01. The molecular weight excluding hydrogens is 224 g/mol. The van der Waals surface area contributed by atoms with Gasteiger partial charge in [0.2, 0.25) is 0 Å². The van der Waals surface area contributed by atoms with Crippen molar-refractivity contribution >= 4 is 15.5 Å². The van der Waals surface area contributed by atoms with E-state index in [0.717, 1.165) is 6.42 Å². The molecule has 1 aromatic carbocycles. The predicted molar refractivity (Wildman–Crippen MR) is 66.3 cm³/mol. The van der Waals surface area contributed by atoms with E-state index < -0.39 is 9.84 Å². The van der Waals surface area contributed by atoms with E-state index >= 15 is 0 Å². The first-order chi connectivity index (χ1) is 7.41. The van der Waals surface area contributed by atoms with Crippen LogP contribution in [0.1, 0.15) is 13.3 Å². The number of nitrogens with one attached hydrogen (secondary N) is 1. The zero-order valence-corrected chi connectivity index (χ0v) is 10.4. The van der Waals surface area contributed by atoms with Crippen molar-refractivity contribution in [3.05, 3.63) is 24.3 Å². The largest absolute Gasteiger partial charge is 0.384 e. The summed E-state index contributed by atoms with van der Waals surface area (Å²) in [6, 6.07) is 7.00. The monoisotopic (exact) mass is 242 g/mol. The molecule has 0 aromatic heterocycles. The topological polar surface area (TPSA) is 72.2 Å². The highest BCUT2D eigenvalue weighted by atomic mass is 32.2. The van der Waals surface area contributed by atoms with Crippen molar-refractivity contribution in [2.24, 2.45) is 5.73 Å². The van der Waals surface area contributed by atoms with Crippen LogP contribution in [-0.2, 0) is 9.84 Å². The summed E-state index contributed by atoms with van der Waals surface area (Å²) >= 11 is 0. The van der Waals surface area contributed by atoms with Crippen LogP contribution in [0.3, 0.4) is 0 Å². The van der Waals surface area contributed by atoms with Gasteiger partial charge in [-0.1, -0.05) is 12.1 Å². The Hall–Kier alpha value is -1.07. The maximum Gasteiger partial charge on any atom is 0.177 e. The van der Waals surface area contributed by atoms with Crippen molar-refractivity contribution in [1.29, 1.82) is 0 Å². The van der Waals surface area contributed by atoms with Gasteiger partial charge < -0.3 is 11.1 Å². The Morgan fingerprint density at radius 3 is 2.56 bits per heavy atom. The van der Waals surface area contributed by atoms with Gasteiger partial charge in [-0.05, 0) is 25.5 Å². The summed E-state index contributed by atoms with van der Waals surface area (Å²) in [7, 11) is -3.18. The lowest BCUT2D eigenvalue weighted by Gasteiger charge is -2.11. The van der Waals surface area contributed by atoms with Gasteiger partial charge in [0.15, 0.2) is 9.84 Å². The molecule has 0 aliphatic carbocycles. The zero-order valence-electron chi connectivity index (χ0n) is 9.60. The maximum atomic E-state index is 11.5. The molecule has 1 aromatic rings. The van der Waals surface area contributed by atoms with Crippen LogP contribution >= 0.6 is 0 Å². The van der Waals surface area contributed by atoms with Crippen molar-refractivity contribution in [3.63, 3.8) is 0 Å². The highest BCUT2D eigenvalue weighted by molar-refractivity contribution is 7.90. The Bertz CT molecular complexity index is 441. The minimum atomic E-state index is -3.18. The van der Waals surface area contributed by atoms with Crippen LogP contribution in [0, 0.1) is 0 Å². The molecule has 90 valence electrons. The number of para-hydroxylation sites is 1. The Morgan fingerprint density at radius 1 is 1.38 bits per heavy atom. The molecule has 1 rings (SSSR count). The molecule has 0 spiro atoms. The van der Waals surface area contributed by atoms with E-state index in [1.165, 1.54) is 6.26 Å². The van der Waals surface area contributed by atoms with Crippen LogP contribution < -0.4 is 11.1 Å². The number of sulfone groups is 1. The normalized spacial score (nSPS) is 13.4. The minimum absolute atomic E-state index is 0.109. The van der Waals surface area contributed by atoms with E-state index in [9.17, 15) is 8.42 Å². The Labute approximate surface area is 96.8 Å². The fourth-order valence-electron chi connectivity index (χ4n) is 1.37. The first-order valence-electron chi connectivity index (χ1n) is 5.20. The number of anilines is 1. The van der Waals surface area contributed by atoms with Gasteiger partial charge in [-0.25, -0.2) is 8.42 Å². The molecule has 4 nitrogen and oxygen atoms in total. The minimum Gasteiger partial charge on any atom is -0.384 e. The van der Waals surface area contributed by atoms with E-state index in [-0.39, 0.29) is 6.04 Å². The lowest BCUT2D eigenvalue weighted by molar-refractivity contribution is 0.602. The van der Waals surface area contributed by atoms with E-state index in [2.05, 4.69) is 5.32 Å². The molecule has 5 heteroatoms. The number of nitrogens with two attached hydrogens (primary N) is 1. The van der Waals surface area contributed by atoms with Gasteiger partial charge in [-0.3, -0.25) is 0 Å². The summed E-state index contributed by atoms with van der Waals surface area (Å²) in [5.41, 5.74) is 6.27. The third-order valence-electron chi connectivity index (χ3n) is 2.20. The molecule has 0 saturated carbocycles. The Kier molecular flexibility index (Phi) is 4.32. The van der Waals surface area contributed by atoms with Crippen molar-refractivity contribution in [2.45, 2.75) is 24.3 Å². The molecule has 0 fully saturated rings. The average Bonchev–Trinajstić information content (AvgIpc) is 2.16. The number of hydrogen-bond acceptors (Lipinski definition) is 4. The number of benzene rings is 1. The van der Waals surface area contributed by atoms with Crippen molar-refractivity contribution in [3.8, 4) is 0 Å². The molecule has 1 unspecified atom stereocenters. The van der Waals surface area contributed by atoms with Crippen LogP contribution in [0.5, 0.6) is 0 Å². The van der Waals surface area contributed by atoms with Crippen LogP contribution in [0.25, 0.3) is 0 Å². The van der Waals surface area contributed by atoms with E-state index in [1.54, 1.807) is 18.2 Å². The van der Waals surface area contributed by atoms with E-state index in [4.69, 9.17) is 5.73 Å². The standard InChI is InChI=1S/C11H18N2O2S/c1-9(12)7-8-13-10-5-3-4-6-11(10)16(2,14)15/h3-6,9,13H,7-8,12H2,1-2H3. The van der Waals surface area contributed by atoms with Gasteiger partial charge in [0.25, 0.3) is 0 Å². The third-order valence-corrected chi connectivity index (χ3v) is 3.36. The molecular formula is C11H18N2O2S. The molecule has 1 atom stereocenters. The SMILES string of the molecule is CC(N)CCNc1ccccc1S(C)(=O)=O. The second kappa shape index (κ2) is 5.32. The first-order valence-corrected chi connectivity index (χ1v) is 7.09. The van der Waals surface area contributed by atoms with Crippen LogP contribution in [-0.4, -0.2) is 27.3 Å². The Balaban J connectivity index is 2.80. The molecule has 0 aliphatic rings. The molecule has 3 N–H and O–H groups in total. The molecule has 0 heterocycles. The molecule has 0 radical (unpaired) electrons. The Morgan fingerprint density at radius 2 is 2.00 bits per heavy atom. The lowest BCUT2D eigenvalue weighted by Crippen LogP contribution is -2.19. The predicted octanol–water partition coefficient (Wildman–Crippen LogP) is 1.24. The van der Waals surface area contributed by atoms with Crippen molar-refractivity contribution in [1.82, 2.24) is 0 Å². The summed E-state index contributed by atoms with van der Waals surface area (Å²) in [5.74, 6) is 0. The molecule has 16 heavy (non-hydrogen) atoms. The molecule has 0 bridgehead atoms. The number of hydrogen-bond donors (Lipinski definition) is 2. The second-order valence-electron chi connectivity index (χ2n) is 3.96. The van der Waals surface area contributed by atoms with Crippen molar-refractivity contribution < 1.29 is 8.42 Å². The van der Waals surface area contributed by atoms with Crippen LogP contribution in [0.4, 0.5) is 5.69 Å². The van der Waals surface area contributed by atoms with Gasteiger partial charge in [0.1, 0.15) is 0 Å². The smallest absolute Gasteiger partial charge is 0.177 e. The summed E-state index contributed by atoms with van der Waals surface area (Å²) in [6.45, 7) is 2.59. The van der Waals surface area contributed by atoms with E-state index in [0.29, 0.717) is 17.1 Å². The molecule has 0 amide bonds. The zero-order chi connectivity index (χ0) is 12.2. The van der Waals surface area contributed by atoms with Crippen LogP contribution in [0.15, 0.2) is 29.2 Å². The van der Waals surface area contributed by atoms with Gasteiger partial charge in [-0.2, -0.15) is 0 Å². The lowest BCUT2D eigenvalue weighted by atomic mass is 10.2. The third kappa shape index (κ3) is 3.83. The molecule has 0 aliphatic heterocycles. The number of rotatable bonds is 5. The van der Waals surface area contributed by atoms with E-state index in [1.807, 2.05) is 13.0 Å². The van der Waals surface area contributed by atoms with Gasteiger partial charge >= 0.3 is 0 Å². The summed E-state index contributed by atoms with van der Waals surface area (Å²) < 4.78 is 23.0.